The van der Waals surface area contributed by atoms with Crippen LogP contribution in [0.4, 0.5) is 11.4 Å². The van der Waals surface area contributed by atoms with Crippen molar-refractivity contribution in [1.82, 2.24) is 5.32 Å². The van der Waals surface area contributed by atoms with Crippen molar-refractivity contribution in [3.8, 4) is 5.75 Å². The lowest BCUT2D eigenvalue weighted by Gasteiger charge is -2.10. The van der Waals surface area contributed by atoms with Gasteiger partial charge in [0.15, 0.2) is 0 Å². The van der Waals surface area contributed by atoms with Crippen molar-refractivity contribution >= 4 is 23.2 Å². The second kappa shape index (κ2) is 7.91. The number of carbonyl (C=O) groups excluding carboxylic acids is 2. The molecule has 130 valence electrons. The first kappa shape index (κ1) is 17.9. The van der Waals surface area contributed by atoms with Crippen molar-refractivity contribution in [2.24, 2.45) is 0 Å². The lowest BCUT2D eigenvalue weighted by atomic mass is 10.2. The summed E-state index contributed by atoms with van der Waals surface area (Å²) in [4.78, 5) is 34.3. The minimum atomic E-state index is -0.881. The third kappa shape index (κ3) is 4.54. The largest absolute Gasteiger partial charge is 0.497 e. The van der Waals surface area contributed by atoms with Crippen LogP contribution >= 0.6 is 0 Å². The molecule has 2 rings (SSSR count). The van der Waals surface area contributed by atoms with Crippen LogP contribution < -0.4 is 15.4 Å². The molecule has 0 bridgehead atoms. The second-order valence-electron chi connectivity index (χ2n) is 5.20. The SMILES string of the molecule is COc1ccc(NC(=O)C(=O)NCc2ccccc2[N+](=O)[O-])c(C)c1. The molecule has 2 N–H and O–H groups in total. The Hall–Kier alpha value is -3.42. The van der Waals surface area contributed by atoms with E-state index in [0.717, 1.165) is 5.56 Å². The lowest BCUT2D eigenvalue weighted by Crippen LogP contribution is -2.35. The van der Waals surface area contributed by atoms with Crippen molar-refractivity contribution in [3.63, 3.8) is 0 Å². The molecule has 0 atom stereocenters. The smallest absolute Gasteiger partial charge is 0.313 e. The molecule has 0 spiro atoms. The van der Waals surface area contributed by atoms with Gasteiger partial charge in [0.25, 0.3) is 5.69 Å². The van der Waals surface area contributed by atoms with Crippen LogP contribution in [0, 0.1) is 17.0 Å². The van der Waals surface area contributed by atoms with Crippen molar-refractivity contribution in [2.45, 2.75) is 13.5 Å². The van der Waals surface area contributed by atoms with E-state index in [-0.39, 0.29) is 12.2 Å². The highest BCUT2D eigenvalue weighted by Gasteiger charge is 2.17. The van der Waals surface area contributed by atoms with Gasteiger partial charge in [-0.15, -0.1) is 0 Å². The number of nitrogens with one attached hydrogen (secondary N) is 2. The molecule has 0 radical (unpaired) electrons. The Morgan fingerprint density at radius 1 is 1.16 bits per heavy atom. The zero-order valence-electron chi connectivity index (χ0n) is 13.7. The maximum Gasteiger partial charge on any atom is 0.313 e. The number of nitro groups is 1. The lowest BCUT2D eigenvalue weighted by molar-refractivity contribution is -0.385. The zero-order chi connectivity index (χ0) is 18.4. The molecule has 8 heteroatoms. The zero-order valence-corrected chi connectivity index (χ0v) is 13.7. The molecule has 0 fully saturated rings. The molecule has 0 saturated carbocycles. The Kier molecular flexibility index (Phi) is 5.67. The maximum atomic E-state index is 12.0. The Balaban J connectivity index is 2.00. The first-order valence-corrected chi connectivity index (χ1v) is 7.38. The molecule has 0 aromatic heterocycles. The molecule has 0 aliphatic rings. The van der Waals surface area contributed by atoms with Crippen LogP contribution in [0.25, 0.3) is 0 Å². The maximum absolute atomic E-state index is 12.0. The minimum absolute atomic E-state index is 0.116. The highest BCUT2D eigenvalue weighted by molar-refractivity contribution is 6.39. The van der Waals surface area contributed by atoms with Crippen molar-refractivity contribution < 1.29 is 19.2 Å². The normalized spacial score (nSPS) is 10.0. The van der Waals surface area contributed by atoms with E-state index in [2.05, 4.69) is 10.6 Å². The number of aryl methyl sites for hydroxylation is 1. The number of benzene rings is 2. The number of methoxy groups -OCH3 is 1. The summed E-state index contributed by atoms with van der Waals surface area (Å²) in [6.07, 6.45) is 0. The van der Waals surface area contributed by atoms with Gasteiger partial charge in [-0.25, -0.2) is 0 Å². The van der Waals surface area contributed by atoms with Crippen molar-refractivity contribution in [1.29, 1.82) is 0 Å². The first-order chi connectivity index (χ1) is 11.9. The molecule has 8 nitrogen and oxygen atoms in total. The number of carbonyl (C=O) groups is 2. The number of nitro benzene ring substituents is 1. The standard InChI is InChI=1S/C17H17N3O5/c1-11-9-13(25-2)7-8-14(11)19-17(22)16(21)18-10-12-5-3-4-6-15(12)20(23)24/h3-9H,10H2,1-2H3,(H,18,21)(H,19,22). The number of para-hydroxylation sites is 1. The molecular formula is C17H17N3O5. The Morgan fingerprint density at radius 2 is 1.88 bits per heavy atom. The number of hydrogen-bond donors (Lipinski definition) is 2. The molecule has 2 aromatic rings. The van der Waals surface area contributed by atoms with Gasteiger partial charge in [0, 0.05) is 17.3 Å². The summed E-state index contributed by atoms with van der Waals surface area (Å²) in [5.74, 6) is -1.10. The first-order valence-electron chi connectivity index (χ1n) is 7.38. The van der Waals surface area contributed by atoms with Crippen LogP contribution in [-0.2, 0) is 16.1 Å². The van der Waals surface area contributed by atoms with Crippen LogP contribution in [0.1, 0.15) is 11.1 Å². The van der Waals surface area contributed by atoms with E-state index in [0.29, 0.717) is 17.0 Å². The van der Waals surface area contributed by atoms with Crippen LogP contribution in [0.15, 0.2) is 42.5 Å². The Labute approximate surface area is 144 Å². The fraction of sp³-hybridized carbons (Fsp3) is 0.176. The van der Waals surface area contributed by atoms with Gasteiger partial charge in [-0.1, -0.05) is 18.2 Å². The third-order valence-corrected chi connectivity index (χ3v) is 3.52. The predicted molar refractivity (Wildman–Crippen MR) is 91.3 cm³/mol. The van der Waals surface area contributed by atoms with Crippen LogP contribution in [0.3, 0.4) is 0 Å². The fourth-order valence-corrected chi connectivity index (χ4v) is 2.18. The second-order valence-corrected chi connectivity index (χ2v) is 5.20. The monoisotopic (exact) mass is 343 g/mol. The number of anilines is 1. The summed E-state index contributed by atoms with van der Waals surface area (Å²) < 4.78 is 5.07. The van der Waals surface area contributed by atoms with Crippen LogP contribution in [-0.4, -0.2) is 23.8 Å². The van der Waals surface area contributed by atoms with Crippen LogP contribution in [0.5, 0.6) is 5.75 Å². The highest BCUT2D eigenvalue weighted by Crippen LogP contribution is 2.21. The predicted octanol–water partition coefficient (Wildman–Crippen LogP) is 2.17. The van der Waals surface area contributed by atoms with E-state index in [4.69, 9.17) is 4.74 Å². The minimum Gasteiger partial charge on any atom is -0.497 e. The molecule has 0 saturated heterocycles. The Morgan fingerprint density at radius 3 is 2.52 bits per heavy atom. The molecule has 0 unspecified atom stereocenters. The van der Waals surface area contributed by atoms with Gasteiger partial charge in [0.2, 0.25) is 0 Å². The van der Waals surface area contributed by atoms with E-state index >= 15 is 0 Å². The molecular weight excluding hydrogens is 326 g/mol. The summed E-state index contributed by atoms with van der Waals surface area (Å²) >= 11 is 0. The summed E-state index contributed by atoms with van der Waals surface area (Å²) in [6, 6.07) is 11.0. The number of hydrogen-bond acceptors (Lipinski definition) is 5. The van der Waals surface area contributed by atoms with E-state index in [1.807, 2.05) is 0 Å². The third-order valence-electron chi connectivity index (χ3n) is 3.52. The van der Waals surface area contributed by atoms with Gasteiger partial charge in [-0.05, 0) is 30.7 Å². The summed E-state index contributed by atoms with van der Waals surface area (Å²) in [5, 5.41) is 15.8. The van der Waals surface area contributed by atoms with E-state index < -0.39 is 16.7 Å². The summed E-state index contributed by atoms with van der Waals surface area (Å²) in [7, 11) is 1.53. The number of ether oxygens (including phenoxy) is 1. The number of rotatable bonds is 5. The van der Waals surface area contributed by atoms with Crippen LogP contribution in [0.2, 0.25) is 0 Å². The molecule has 2 aromatic carbocycles. The van der Waals surface area contributed by atoms with Gasteiger partial charge in [0.05, 0.1) is 18.6 Å². The van der Waals surface area contributed by atoms with Gasteiger partial charge in [0.1, 0.15) is 5.75 Å². The Bertz CT molecular complexity index is 820. The summed E-state index contributed by atoms with van der Waals surface area (Å²) in [5.41, 5.74) is 1.41. The topological polar surface area (TPSA) is 111 Å². The van der Waals surface area contributed by atoms with Gasteiger partial charge >= 0.3 is 11.8 Å². The van der Waals surface area contributed by atoms with E-state index in [9.17, 15) is 19.7 Å². The molecule has 25 heavy (non-hydrogen) atoms. The van der Waals surface area contributed by atoms with Gasteiger partial charge < -0.3 is 15.4 Å². The quantitative estimate of drug-likeness (QED) is 0.491. The summed E-state index contributed by atoms with van der Waals surface area (Å²) in [6.45, 7) is 1.65. The molecule has 0 aliphatic heterocycles. The van der Waals surface area contributed by atoms with Gasteiger partial charge in [-0.2, -0.15) is 0 Å². The number of amides is 2. The van der Waals surface area contributed by atoms with Gasteiger partial charge in [-0.3, -0.25) is 19.7 Å². The average Bonchev–Trinajstić information content (AvgIpc) is 2.61. The van der Waals surface area contributed by atoms with Crippen molar-refractivity contribution in [2.75, 3.05) is 12.4 Å². The molecule has 0 heterocycles. The average molecular weight is 343 g/mol. The van der Waals surface area contributed by atoms with E-state index in [1.54, 1.807) is 31.2 Å². The number of nitrogens with zero attached hydrogens (tertiary/aromatic N) is 1. The van der Waals surface area contributed by atoms with E-state index in [1.165, 1.54) is 25.3 Å². The van der Waals surface area contributed by atoms with Crippen molar-refractivity contribution in [3.05, 3.63) is 63.7 Å². The highest BCUT2D eigenvalue weighted by atomic mass is 16.6. The fourth-order valence-electron chi connectivity index (χ4n) is 2.18. The molecule has 0 aliphatic carbocycles. The molecule has 2 amide bonds.